The van der Waals surface area contributed by atoms with Crippen LogP contribution < -0.4 is 4.90 Å². The molecule has 0 atom stereocenters. The normalized spacial score (nSPS) is 18.9. The topological polar surface area (TPSA) is 76.4 Å². The summed E-state index contributed by atoms with van der Waals surface area (Å²) in [6.45, 7) is 3.37. The standard InChI is InChI=1S/C20H19N3O3S/c24-16-7-6-14(12-17(16)25)13-18-19(26)21-20(27-18)23-10-8-22(9-11-23)15-4-2-1-3-5-15/h1-7,12-13,24-25H,8-11H2/b18-13-. The third-order valence-electron chi connectivity index (χ3n) is 4.58. The largest absolute Gasteiger partial charge is 0.504 e. The van der Waals surface area contributed by atoms with E-state index < -0.39 is 0 Å². The van der Waals surface area contributed by atoms with Crippen molar-refractivity contribution in [1.29, 1.82) is 0 Å². The summed E-state index contributed by atoms with van der Waals surface area (Å²) in [4.78, 5) is 21.4. The fourth-order valence-electron chi connectivity index (χ4n) is 3.11. The maximum Gasteiger partial charge on any atom is 0.286 e. The Bertz CT molecular complexity index is 919. The summed E-state index contributed by atoms with van der Waals surface area (Å²) in [7, 11) is 0. The molecule has 0 bridgehead atoms. The molecule has 0 aromatic heterocycles. The number of hydrogen-bond donors (Lipinski definition) is 2. The van der Waals surface area contributed by atoms with Crippen LogP contribution in [0, 0.1) is 0 Å². The first kappa shape index (κ1) is 17.5. The summed E-state index contributed by atoms with van der Waals surface area (Å²) in [6, 6.07) is 14.8. The van der Waals surface area contributed by atoms with Crippen LogP contribution in [0.3, 0.4) is 0 Å². The predicted molar refractivity (Wildman–Crippen MR) is 108 cm³/mol. The molecule has 138 valence electrons. The summed E-state index contributed by atoms with van der Waals surface area (Å²) in [5.74, 6) is -0.665. The molecule has 2 aliphatic heterocycles. The van der Waals surface area contributed by atoms with Gasteiger partial charge in [0.25, 0.3) is 5.91 Å². The number of phenolic OH excluding ortho intramolecular Hbond substituents is 2. The van der Waals surface area contributed by atoms with E-state index in [0.717, 1.165) is 31.3 Å². The van der Waals surface area contributed by atoms with E-state index in [1.165, 1.54) is 29.6 Å². The number of carbonyl (C=O) groups is 1. The number of benzene rings is 2. The molecule has 7 heteroatoms. The van der Waals surface area contributed by atoms with Crippen molar-refractivity contribution >= 4 is 34.6 Å². The summed E-state index contributed by atoms with van der Waals surface area (Å²) in [5.41, 5.74) is 1.86. The molecular weight excluding hydrogens is 362 g/mol. The van der Waals surface area contributed by atoms with Crippen molar-refractivity contribution in [2.75, 3.05) is 31.1 Å². The Labute approximate surface area is 161 Å². The molecule has 1 amide bonds. The summed E-state index contributed by atoms with van der Waals surface area (Å²) < 4.78 is 0. The SMILES string of the molecule is O=C1N=C(N2CCN(c3ccccc3)CC2)S/C1=C\c1ccc(O)c(O)c1. The lowest BCUT2D eigenvalue weighted by molar-refractivity contribution is -0.113. The van der Waals surface area contributed by atoms with Gasteiger partial charge in [-0.1, -0.05) is 24.3 Å². The van der Waals surface area contributed by atoms with Crippen molar-refractivity contribution in [3.05, 3.63) is 59.0 Å². The monoisotopic (exact) mass is 381 g/mol. The fourth-order valence-corrected chi connectivity index (χ4v) is 4.07. The van der Waals surface area contributed by atoms with Crippen molar-refractivity contribution in [3.8, 4) is 11.5 Å². The lowest BCUT2D eigenvalue weighted by Gasteiger charge is -2.36. The predicted octanol–water partition coefficient (Wildman–Crippen LogP) is 2.89. The Kier molecular flexibility index (Phi) is 4.77. The van der Waals surface area contributed by atoms with E-state index in [9.17, 15) is 15.0 Å². The molecule has 0 radical (unpaired) electrons. The summed E-state index contributed by atoms with van der Waals surface area (Å²) in [5, 5.41) is 19.7. The van der Waals surface area contributed by atoms with Gasteiger partial charge in [-0.3, -0.25) is 4.79 Å². The van der Waals surface area contributed by atoms with Gasteiger partial charge >= 0.3 is 0 Å². The van der Waals surface area contributed by atoms with Gasteiger partial charge in [0.15, 0.2) is 16.7 Å². The van der Waals surface area contributed by atoms with E-state index in [1.54, 1.807) is 12.1 Å². The Morgan fingerprint density at radius 1 is 0.926 bits per heavy atom. The number of carbonyl (C=O) groups excluding carboxylic acids is 1. The van der Waals surface area contributed by atoms with E-state index in [1.807, 2.05) is 18.2 Å². The number of phenols is 2. The van der Waals surface area contributed by atoms with Crippen molar-refractivity contribution in [2.24, 2.45) is 4.99 Å². The fraction of sp³-hybridized carbons (Fsp3) is 0.200. The molecule has 1 saturated heterocycles. The van der Waals surface area contributed by atoms with Crippen LogP contribution in [0.1, 0.15) is 5.56 Å². The number of anilines is 1. The minimum atomic E-state index is -0.270. The van der Waals surface area contributed by atoms with E-state index in [-0.39, 0.29) is 17.4 Å². The molecule has 2 aromatic carbocycles. The lowest BCUT2D eigenvalue weighted by atomic mass is 10.2. The number of rotatable bonds is 2. The van der Waals surface area contributed by atoms with Gasteiger partial charge in [0, 0.05) is 31.9 Å². The number of piperazine rings is 1. The molecular formula is C20H19N3O3S. The van der Waals surface area contributed by atoms with E-state index in [4.69, 9.17) is 0 Å². The first-order valence-corrected chi connectivity index (χ1v) is 9.51. The van der Waals surface area contributed by atoms with Crippen LogP contribution >= 0.6 is 11.8 Å². The molecule has 0 spiro atoms. The molecule has 6 nitrogen and oxygen atoms in total. The van der Waals surface area contributed by atoms with E-state index in [2.05, 4.69) is 26.9 Å². The van der Waals surface area contributed by atoms with Crippen LogP contribution in [0.15, 0.2) is 58.4 Å². The van der Waals surface area contributed by atoms with Crippen molar-refractivity contribution in [3.63, 3.8) is 0 Å². The average Bonchev–Trinajstić information content (AvgIpc) is 3.06. The molecule has 4 rings (SSSR count). The van der Waals surface area contributed by atoms with Gasteiger partial charge in [-0.15, -0.1) is 0 Å². The van der Waals surface area contributed by atoms with Crippen LogP contribution in [-0.4, -0.2) is 52.4 Å². The zero-order valence-corrected chi connectivity index (χ0v) is 15.4. The Hall–Kier alpha value is -2.93. The maximum atomic E-state index is 12.2. The molecule has 2 N–H and O–H groups in total. The smallest absolute Gasteiger partial charge is 0.286 e. The average molecular weight is 381 g/mol. The third kappa shape index (κ3) is 3.78. The maximum absolute atomic E-state index is 12.2. The van der Waals surface area contributed by atoms with Crippen LogP contribution in [0.4, 0.5) is 5.69 Å². The molecule has 1 fully saturated rings. The van der Waals surface area contributed by atoms with Gasteiger partial charge < -0.3 is 20.0 Å². The quantitative estimate of drug-likeness (QED) is 0.615. The van der Waals surface area contributed by atoms with Gasteiger partial charge in [0.1, 0.15) is 0 Å². The highest BCUT2D eigenvalue weighted by Crippen LogP contribution is 2.33. The first-order valence-electron chi connectivity index (χ1n) is 8.69. The van der Waals surface area contributed by atoms with Crippen molar-refractivity contribution in [1.82, 2.24) is 4.90 Å². The number of amidine groups is 1. The first-order chi connectivity index (χ1) is 13.1. The minimum Gasteiger partial charge on any atom is -0.504 e. The number of para-hydroxylation sites is 1. The molecule has 2 aliphatic rings. The second-order valence-corrected chi connectivity index (χ2v) is 7.38. The second-order valence-electron chi connectivity index (χ2n) is 6.37. The molecule has 2 heterocycles. The van der Waals surface area contributed by atoms with Gasteiger partial charge in [0.05, 0.1) is 4.91 Å². The highest BCUT2D eigenvalue weighted by Gasteiger charge is 2.28. The number of amides is 1. The second kappa shape index (κ2) is 7.36. The summed E-state index contributed by atoms with van der Waals surface area (Å²) >= 11 is 1.35. The van der Waals surface area contributed by atoms with Crippen molar-refractivity contribution < 1.29 is 15.0 Å². The number of aromatic hydroxyl groups is 2. The summed E-state index contributed by atoms with van der Waals surface area (Å²) in [6.07, 6.45) is 1.68. The highest BCUT2D eigenvalue weighted by molar-refractivity contribution is 8.18. The van der Waals surface area contributed by atoms with E-state index >= 15 is 0 Å². The minimum absolute atomic E-state index is 0.184. The van der Waals surface area contributed by atoms with Gasteiger partial charge in [-0.25, -0.2) is 0 Å². The Balaban J connectivity index is 1.41. The Morgan fingerprint density at radius 3 is 2.33 bits per heavy atom. The molecule has 0 aliphatic carbocycles. The van der Waals surface area contributed by atoms with Crippen LogP contribution in [0.5, 0.6) is 11.5 Å². The van der Waals surface area contributed by atoms with Crippen LogP contribution in [0.2, 0.25) is 0 Å². The molecule has 0 saturated carbocycles. The van der Waals surface area contributed by atoms with E-state index in [0.29, 0.717) is 10.5 Å². The van der Waals surface area contributed by atoms with Gasteiger partial charge in [-0.2, -0.15) is 4.99 Å². The number of thioether (sulfide) groups is 1. The molecule has 2 aromatic rings. The van der Waals surface area contributed by atoms with Gasteiger partial charge in [-0.05, 0) is 47.7 Å². The zero-order chi connectivity index (χ0) is 18.8. The molecule has 27 heavy (non-hydrogen) atoms. The Morgan fingerprint density at radius 2 is 1.63 bits per heavy atom. The highest BCUT2D eigenvalue weighted by atomic mass is 32.2. The number of nitrogens with zero attached hydrogens (tertiary/aromatic N) is 3. The lowest BCUT2D eigenvalue weighted by Crippen LogP contribution is -2.47. The zero-order valence-electron chi connectivity index (χ0n) is 14.6. The van der Waals surface area contributed by atoms with Crippen LogP contribution in [-0.2, 0) is 4.79 Å². The number of aliphatic imine (C=N–C) groups is 1. The van der Waals surface area contributed by atoms with Crippen molar-refractivity contribution in [2.45, 2.75) is 0 Å². The number of hydrogen-bond acceptors (Lipinski definition) is 6. The molecule has 0 unspecified atom stereocenters. The van der Waals surface area contributed by atoms with Crippen LogP contribution in [0.25, 0.3) is 6.08 Å². The van der Waals surface area contributed by atoms with Gasteiger partial charge in [0.2, 0.25) is 0 Å². The third-order valence-corrected chi connectivity index (χ3v) is 5.62.